The zero-order valence-electron chi connectivity index (χ0n) is 25.0. The summed E-state index contributed by atoms with van der Waals surface area (Å²) in [5, 5.41) is 2.91. The van der Waals surface area contributed by atoms with Gasteiger partial charge in [-0.25, -0.2) is 4.79 Å². The number of hydrogen-bond donors (Lipinski definition) is 1. The Hall–Kier alpha value is -2.81. The topological polar surface area (TPSA) is 109 Å². The minimum absolute atomic E-state index is 0.0494. The third kappa shape index (κ3) is 9.71. The number of benzene rings is 1. The van der Waals surface area contributed by atoms with E-state index in [-0.39, 0.29) is 35.9 Å². The van der Waals surface area contributed by atoms with Crippen LogP contribution in [0.5, 0.6) is 11.5 Å². The number of Topliss-reactive ketones (excluding diaryl/α,β-unsaturated/α-hetero) is 1. The quantitative estimate of drug-likeness (QED) is 0.186. The van der Waals surface area contributed by atoms with Crippen LogP contribution < -0.4 is 14.8 Å². The summed E-state index contributed by atoms with van der Waals surface area (Å²) in [7, 11) is 3.18. The van der Waals surface area contributed by atoms with Crippen molar-refractivity contribution in [1.29, 1.82) is 0 Å². The normalized spacial score (nSPS) is 19.0. The second-order valence-corrected chi connectivity index (χ2v) is 11.8. The first-order valence-corrected chi connectivity index (χ1v) is 13.8. The van der Waals surface area contributed by atoms with Gasteiger partial charge in [0.2, 0.25) is 0 Å². The lowest BCUT2D eigenvalue weighted by Crippen LogP contribution is -2.47. The monoisotopic (exact) mass is 549 g/mol. The van der Waals surface area contributed by atoms with Gasteiger partial charge in [-0.2, -0.15) is 0 Å². The van der Waals surface area contributed by atoms with Crippen molar-refractivity contribution in [1.82, 2.24) is 5.32 Å². The maximum atomic E-state index is 13.8. The van der Waals surface area contributed by atoms with Gasteiger partial charge >= 0.3 is 12.1 Å². The van der Waals surface area contributed by atoms with Crippen molar-refractivity contribution in [3.63, 3.8) is 0 Å². The molecule has 0 saturated carbocycles. The van der Waals surface area contributed by atoms with E-state index in [1.807, 2.05) is 27.7 Å². The summed E-state index contributed by atoms with van der Waals surface area (Å²) in [6.07, 6.45) is 0.291. The molecule has 0 aromatic heterocycles. The van der Waals surface area contributed by atoms with E-state index in [1.54, 1.807) is 53.2 Å². The van der Waals surface area contributed by atoms with Crippen molar-refractivity contribution in [3.05, 3.63) is 23.8 Å². The highest BCUT2D eigenvalue weighted by atomic mass is 16.6. The molecule has 2 rings (SSSR count). The third-order valence-corrected chi connectivity index (χ3v) is 6.86. The largest absolute Gasteiger partial charge is 0.493 e. The lowest BCUT2D eigenvalue weighted by molar-refractivity contribution is -0.146. The van der Waals surface area contributed by atoms with Crippen LogP contribution in [0.2, 0.25) is 0 Å². The highest BCUT2D eigenvalue weighted by molar-refractivity contribution is 5.98. The molecule has 4 unspecified atom stereocenters. The van der Waals surface area contributed by atoms with Gasteiger partial charge in [0, 0.05) is 31.6 Å². The van der Waals surface area contributed by atoms with E-state index in [2.05, 4.69) is 5.32 Å². The Morgan fingerprint density at radius 3 is 2.31 bits per heavy atom. The van der Waals surface area contributed by atoms with Crippen molar-refractivity contribution < 1.29 is 38.1 Å². The number of amides is 1. The van der Waals surface area contributed by atoms with Crippen molar-refractivity contribution in [3.8, 4) is 11.5 Å². The fourth-order valence-corrected chi connectivity index (χ4v) is 4.68. The summed E-state index contributed by atoms with van der Waals surface area (Å²) in [6, 6.07) is 4.55. The molecule has 1 aromatic carbocycles. The molecule has 0 bridgehead atoms. The maximum Gasteiger partial charge on any atom is 0.408 e. The first-order valence-electron chi connectivity index (χ1n) is 13.8. The molecule has 1 saturated heterocycles. The van der Waals surface area contributed by atoms with Crippen molar-refractivity contribution in [2.45, 2.75) is 85.5 Å². The van der Waals surface area contributed by atoms with Gasteiger partial charge < -0.3 is 29.0 Å². The highest BCUT2D eigenvalue weighted by Crippen LogP contribution is 2.34. The molecule has 1 aromatic rings. The van der Waals surface area contributed by atoms with Crippen LogP contribution in [0.15, 0.2) is 18.2 Å². The standard InChI is InChI=1S/C30H47NO8/c1-18(2)21(27(32)20-11-12-24(36-9)26(15-20)37-14-10-13-35-8)16-23(31-29(34)39-30(5,6)7)25-17-22(19(3)4)28(33)38-25/h11-12,15,18-19,21-23,25H,10,13-14,16-17H2,1-9H3,(H,31,34). The number of nitrogens with one attached hydrogen (secondary N) is 1. The smallest absolute Gasteiger partial charge is 0.408 e. The van der Waals surface area contributed by atoms with Crippen LogP contribution in [0.25, 0.3) is 0 Å². The molecule has 0 spiro atoms. The summed E-state index contributed by atoms with van der Waals surface area (Å²) in [5.74, 6) is -0.0107. The minimum Gasteiger partial charge on any atom is -0.493 e. The van der Waals surface area contributed by atoms with Gasteiger partial charge in [0.05, 0.1) is 25.7 Å². The third-order valence-electron chi connectivity index (χ3n) is 6.86. The molecule has 1 N–H and O–H groups in total. The molecule has 39 heavy (non-hydrogen) atoms. The molecule has 0 aliphatic carbocycles. The Balaban J connectivity index is 2.32. The van der Waals surface area contributed by atoms with Gasteiger partial charge in [-0.1, -0.05) is 27.7 Å². The van der Waals surface area contributed by atoms with E-state index in [0.29, 0.717) is 43.1 Å². The molecular formula is C30H47NO8. The number of esters is 1. The van der Waals surface area contributed by atoms with Crippen molar-refractivity contribution in [2.75, 3.05) is 27.4 Å². The summed E-state index contributed by atoms with van der Waals surface area (Å²) in [5.41, 5.74) is -0.215. The Morgan fingerprint density at radius 1 is 1.08 bits per heavy atom. The molecule has 220 valence electrons. The van der Waals surface area contributed by atoms with E-state index < -0.39 is 29.8 Å². The predicted molar refractivity (Wildman–Crippen MR) is 148 cm³/mol. The van der Waals surface area contributed by atoms with Crippen LogP contribution in [0.3, 0.4) is 0 Å². The number of ketones is 1. The Kier molecular flexibility index (Phi) is 12.1. The first kappa shape index (κ1) is 32.4. The molecule has 1 heterocycles. The van der Waals surface area contributed by atoms with Crippen LogP contribution in [0.1, 0.15) is 78.1 Å². The predicted octanol–water partition coefficient (Wildman–Crippen LogP) is 5.44. The van der Waals surface area contributed by atoms with Crippen LogP contribution in [-0.4, -0.2) is 63.0 Å². The van der Waals surface area contributed by atoms with Crippen molar-refractivity contribution in [2.24, 2.45) is 23.7 Å². The number of methoxy groups -OCH3 is 2. The summed E-state index contributed by atoms with van der Waals surface area (Å²) < 4.78 is 27.6. The molecule has 0 radical (unpaired) electrons. The number of carbonyl (C=O) groups is 3. The first-order chi connectivity index (χ1) is 18.3. The summed E-state index contributed by atoms with van der Waals surface area (Å²) in [6.45, 7) is 14.2. The van der Waals surface area contributed by atoms with Crippen LogP contribution in [0, 0.1) is 23.7 Å². The SMILES string of the molecule is COCCCOc1cc(C(=O)C(CC(NC(=O)OC(C)(C)C)C2CC(C(C)C)C(=O)O2)C(C)C)ccc1OC. The molecule has 4 atom stereocenters. The molecule has 9 nitrogen and oxygen atoms in total. The number of cyclic esters (lactones) is 1. The average Bonchev–Trinajstić information content (AvgIpc) is 3.24. The van der Waals surface area contributed by atoms with E-state index in [4.69, 9.17) is 23.7 Å². The van der Waals surface area contributed by atoms with Crippen LogP contribution >= 0.6 is 0 Å². The van der Waals surface area contributed by atoms with Gasteiger partial charge in [-0.3, -0.25) is 9.59 Å². The number of ether oxygens (including phenoxy) is 5. The van der Waals surface area contributed by atoms with E-state index in [1.165, 1.54) is 0 Å². The Morgan fingerprint density at radius 2 is 1.77 bits per heavy atom. The van der Waals surface area contributed by atoms with Crippen LogP contribution in [0.4, 0.5) is 4.79 Å². The van der Waals surface area contributed by atoms with Gasteiger partial charge in [-0.05, 0) is 63.6 Å². The van der Waals surface area contributed by atoms with E-state index in [9.17, 15) is 14.4 Å². The van der Waals surface area contributed by atoms with Crippen molar-refractivity contribution >= 4 is 17.8 Å². The number of carbonyl (C=O) groups excluding carboxylic acids is 3. The number of hydrogen-bond acceptors (Lipinski definition) is 8. The molecule has 9 heteroatoms. The average molecular weight is 550 g/mol. The van der Waals surface area contributed by atoms with Crippen LogP contribution in [-0.2, 0) is 19.0 Å². The Labute approximate surface area is 233 Å². The van der Waals surface area contributed by atoms with Gasteiger partial charge in [0.15, 0.2) is 17.3 Å². The zero-order chi connectivity index (χ0) is 29.3. The zero-order valence-corrected chi connectivity index (χ0v) is 25.0. The molecule has 1 amide bonds. The number of rotatable bonds is 14. The molecular weight excluding hydrogens is 502 g/mol. The van der Waals surface area contributed by atoms with Gasteiger partial charge in [-0.15, -0.1) is 0 Å². The fourth-order valence-electron chi connectivity index (χ4n) is 4.68. The lowest BCUT2D eigenvalue weighted by Gasteiger charge is -2.30. The second-order valence-electron chi connectivity index (χ2n) is 11.8. The van der Waals surface area contributed by atoms with E-state index >= 15 is 0 Å². The number of alkyl carbamates (subject to hydrolysis) is 1. The summed E-state index contributed by atoms with van der Waals surface area (Å²) in [4.78, 5) is 39.2. The lowest BCUT2D eigenvalue weighted by atomic mass is 9.80. The Bertz CT molecular complexity index is 968. The fraction of sp³-hybridized carbons (Fsp3) is 0.700. The molecule has 1 aliphatic heterocycles. The maximum absolute atomic E-state index is 13.8. The van der Waals surface area contributed by atoms with Gasteiger partial charge in [0.1, 0.15) is 11.7 Å². The molecule has 1 fully saturated rings. The molecule has 1 aliphatic rings. The summed E-state index contributed by atoms with van der Waals surface area (Å²) >= 11 is 0. The minimum atomic E-state index is -0.697. The van der Waals surface area contributed by atoms with E-state index in [0.717, 1.165) is 0 Å². The van der Waals surface area contributed by atoms with Gasteiger partial charge in [0.25, 0.3) is 0 Å². The highest BCUT2D eigenvalue weighted by Gasteiger charge is 2.43. The second kappa shape index (κ2) is 14.5.